The molecule has 2 aromatic rings. The molecule has 0 spiro atoms. The summed E-state index contributed by atoms with van der Waals surface area (Å²) >= 11 is 0. The summed E-state index contributed by atoms with van der Waals surface area (Å²) in [6.07, 6.45) is 3.43. The number of nitrogens with one attached hydrogen (secondary N) is 2. The minimum Gasteiger partial charge on any atom is -0.494 e. The number of benzene rings is 2. The number of ether oxygens (including phenoxy) is 2. The lowest BCUT2D eigenvalue weighted by molar-refractivity contribution is -0.144. The van der Waals surface area contributed by atoms with Crippen LogP contribution in [0, 0.1) is 5.41 Å². The molecule has 0 bridgehead atoms. The second-order valence-electron chi connectivity index (χ2n) is 7.67. The fourth-order valence-corrected chi connectivity index (χ4v) is 3.92. The van der Waals surface area contributed by atoms with Crippen LogP contribution >= 0.6 is 0 Å². The van der Waals surface area contributed by atoms with Gasteiger partial charge in [-0.2, -0.15) is 0 Å². The fraction of sp³-hybridized carbons (Fsp3) is 0.417. The van der Waals surface area contributed by atoms with Gasteiger partial charge in [0.2, 0.25) is 0 Å². The predicted octanol–water partition coefficient (Wildman–Crippen LogP) is 3.81. The van der Waals surface area contributed by atoms with E-state index in [-0.39, 0.29) is 18.4 Å². The van der Waals surface area contributed by atoms with Crippen molar-refractivity contribution in [2.75, 3.05) is 18.5 Å². The van der Waals surface area contributed by atoms with Crippen LogP contribution in [0.4, 0.5) is 5.69 Å². The molecule has 1 fully saturated rings. The maximum Gasteiger partial charge on any atom is 0.333 e. The van der Waals surface area contributed by atoms with Crippen LogP contribution < -0.4 is 21.5 Å². The molecule has 0 radical (unpaired) electrons. The van der Waals surface area contributed by atoms with Gasteiger partial charge in [0.15, 0.2) is 6.04 Å². The third kappa shape index (κ3) is 5.17. The van der Waals surface area contributed by atoms with Crippen LogP contribution in [0.1, 0.15) is 67.3 Å². The third-order valence-corrected chi connectivity index (χ3v) is 5.69. The van der Waals surface area contributed by atoms with Gasteiger partial charge < -0.3 is 26.3 Å². The average molecular weight is 425 g/mol. The van der Waals surface area contributed by atoms with E-state index in [1.54, 1.807) is 31.2 Å². The highest BCUT2D eigenvalue weighted by atomic mass is 16.5. The van der Waals surface area contributed by atoms with E-state index >= 15 is 0 Å². The molecule has 0 aromatic heterocycles. The van der Waals surface area contributed by atoms with Crippen molar-refractivity contribution in [2.45, 2.75) is 51.6 Å². The highest BCUT2D eigenvalue weighted by Gasteiger charge is 2.30. The van der Waals surface area contributed by atoms with E-state index in [1.807, 2.05) is 13.0 Å². The summed E-state index contributed by atoms with van der Waals surface area (Å²) in [4.78, 5) is 13.0. The van der Waals surface area contributed by atoms with Crippen LogP contribution in [0.2, 0.25) is 0 Å². The molecular weight excluding hydrogens is 392 g/mol. The quantitative estimate of drug-likeness (QED) is 0.261. The van der Waals surface area contributed by atoms with Crippen LogP contribution in [0.25, 0.3) is 0 Å². The Morgan fingerprint density at radius 1 is 1.19 bits per heavy atom. The van der Waals surface area contributed by atoms with Gasteiger partial charge in [-0.25, -0.2) is 4.79 Å². The van der Waals surface area contributed by atoms with E-state index in [4.69, 9.17) is 26.4 Å². The Morgan fingerprint density at radius 3 is 2.42 bits per heavy atom. The zero-order valence-corrected chi connectivity index (χ0v) is 18.2. The molecule has 0 saturated heterocycles. The Labute approximate surface area is 183 Å². The van der Waals surface area contributed by atoms with Crippen molar-refractivity contribution in [1.82, 2.24) is 0 Å². The standard InChI is InChI=1S/C24H32N4O3/c1-3-30-18-12-19(15-6-5-7-15)21(14-25)20(13-18)22(24(29)31-4-2)28-17-10-8-16(9-11-17)23(26)27/h8-13,15,22,28H,3-7,14,25H2,1-2H3,(H3,26,27). The first-order valence-corrected chi connectivity index (χ1v) is 10.9. The minimum atomic E-state index is -0.735. The molecule has 1 atom stereocenters. The van der Waals surface area contributed by atoms with Crippen LogP contribution in [-0.2, 0) is 16.1 Å². The number of esters is 1. The Hall–Kier alpha value is -3.06. The molecule has 0 aliphatic heterocycles. The van der Waals surface area contributed by atoms with Gasteiger partial charge in [0.1, 0.15) is 11.6 Å². The zero-order chi connectivity index (χ0) is 22.4. The van der Waals surface area contributed by atoms with Gasteiger partial charge in [0.05, 0.1) is 13.2 Å². The second kappa shape index (κ2) is 10.3. The van der Waals surface area contributed by atoms with Gasteiger partial charge in [-0.3, -0.25) is 5.41 Å². The highest BCUT2D eigenvalue weighted by molar-refractivity contribution is 5.95. The smallest absolute Gasteiger partial charge is 0.333 e. The highest BCUT2D eigenvalue weighted by Crippen LogP contribution is 2.42. The molecule has 1 unspecified atom stereocenters. The SMILES string of the molecule is CCOC(=O)C(Nc1ccc(C(=N)N)cc1)c1cc(OCC)cc(C2CCC2)c1CN. The number of carbonyl (C=O) groups is 1. The van der Waals surface area contributed by atoms with E-state index in [2.05, 4.69) is 11.4 Å². The summed E-state index contributed by atoms with van der Waals surface area (Å²) in [5.41, 5.74) is 16.0. The summed E-state index contributed by atoms with van der Waals surface area (Å²) in [5.74, 6) is 0.796. The topological polar surface area (TPSA) is 123 Å². The Morgan fingerprint density at radius 2 is 1.90 bits per heavy atom. The first-order valence-electron chi connectivity index (χ1n) is 10.9. The van der Waals surface area contributed by atoms with Crippen molar-refractivity contribution >= 4 is 17.5 Å². The molecule has 7 nitrogen and oxygen atoms in total. The summed E-state index contributed by atoms with van der Waals surface area (Å²) in [5, 5.41) is 10.9. The molecule has 0 heterocycles. The number of anilines is 1. The molecule has 1 saturated carbocycles. The first-order chi connectivity index (χ1) is 15.0. The molecule has 3 rings (SSSR count). The van der Waals surface area contributed by atoms with E-state index < -0.39 is 6.04 Å². The number of rotatable bonds is 10. The Kier molecular flexibility index (Phi) is 7.52. The van der Waals surface area contributed by atoms with Crippen molar-refractivity contribution in [3.63, 3.8) is 0 Å². The Balaban J connectivity index is 2.05. The summed E-state index contributed by atoms with van der Waals surface area (Å²) in [7, 11) is 0. The largest absolute Gasteiger partial charge is 0.494 e. The van der Waals surface area contributed by atoms with Gasteiger partial charge in [-0.1, -0.05) is 6.42 Å². The van der Waals surface area contributed by atoms with Gasteiger partial charge in [0, 0.05) is 17.8 Å². The number of carbonyl (C=O) groups excluding carboxylic acids is 1. The van der Waals surface area contributed by atoms with Crippen LogP contribution in [0.15, 0.2) is 36.4 Å². The summed E-state index contributed by atoms with van der Waals surface area (Å²) in [6.45, 7) is 4.87. The maximum atomic E-state index is 13.0. The molecule has 1 aliphatic rings. The van der Waals surface area contributed by atoms with Gasteiger partial charge in [-0.15, -0.1) is 0 Å². The average Bonchev–Trinajstić information content (AvgIpc) is 2.71. The number of nitrogens with two attached hydrogens (primary N) is 2. The molecule has 166 valence electrons. The van der Waals surface area contributed by atoms with E-state index in [0.717, 1.165) is 41.0 Å². The van der Waals surface area contributed by atoms with Crippen molar-refractivity contribution < 1.29 is 14.3 Å². The van der Waals surface area contributed by atoms with Crippen molar-refractivity contribution in [1.29, 1.82) is 5.41 Å². The van der Waals surface area contributed by atoms with E-state index in [9.17, 15) is 4.79 Å². The monoisotopic (exact) mass is 424 g/mol. The van der Waals surface area contributed by atoms with Gasteiger partial charge in [-0.05, 0) is 85.7 Å². The van der Waals surface area contributed by atoms with E-state index in [0.29, 0.717) is 24.6 Å². The molecular formula is C24H32N4O3. The molecule has 31 heavy (non-hydrogen) atoms. The number of amidine groups is 1. The predicted molar refractivity (Wildman–Crippen MR) is 123 cm³/mol. The maximum absolute atomic E-state index is 13.0. The number of nitrogen functional groups attached to an aromatic ring is 1. The molecule has 2 aromatic carbocycles. The van der Waals surface area contributed by atoms with Crippen LogP contribution in [-0.4, -0.2) is 25.0 Å². The lowest BCUT2D eigenvalue weighted by atomic mass is 9.76. The minimum absolute atomic E-state index is 0.00605. The van der Waals surface area contributed by atoms with Crippen LogP contribution in [0.5, 0.6) is 5.75 Å². The fourth-order valence-electron chi connectivity index (χ4n) is 3.92. The summed E-state index contributed by atoms with van der Waals surface area (Å²) < 4.78 is 11.2. The Bertz CT molecular complexity index is 923. The molecule has 7 heteroatoms. The zero-order valence-electron chi connectivity index (χ0n) is 18.2. The van der Waals surface area contributed by atoms with Crippen molar-refractivity contribution in [3.8, 4) is 5.75 Å². The van der Waals surface area contributed by atoms with Crippen LogP contribution in [0.3, 0.4) is 0 Å². The second-order valence-corrected chi connectivity index (χ2v) is 7.67. The molecule has 6 N–H and O–H groups in total. The first kappa shape index (κ1) is 22.6. The van der Waals surface area contributed by atoms with Crippen molar-refractivity contribution in [3.05, 3.63) is 58.7 Å². The number of hydrogen-bond acceptors (Lipinski definition) is 6. The third-order valence-electron chi connectivity index (χ3n) is 5.69. The number of hydrogen-bond donors (Lipinski definition) is 4. The van der Waals surface area contributed by atoms with Gasteiger partial charge >= 0.3 is 5.97 Å². The summed E-state index contributed by atoms with van der Waals surface area (Å²) in [6, 6.07) is 10.3. The molecule has 1 aliphatic carbocycles. The lowest BCUT2D eigenvalue weighted by Crippen LogP contribution is -2.26. The normalized spacial score (nSPS) is 14.4. The molecule has 0 amide bonds. The van der Waals surface area contributed by atoms with Crippen molar-refractivity contribution in [2.24, 2.45) is 11.5 Å². The van der Waals surface area contributed by atoms with Gasteiger partial charge in [0.25, 0.3) is 0 Å². The lowest BCUT2D eigenvalue weighted by Gasteiger charge is -2.31. The van der Waals surface area contributed by atoms with E-state index in [1.165, 1.54) is 6.42 Å².